The largest absolute Gasteiger partial charge is 0.493 e. The van der Waals surface area contributed by atoms with Gasteiger partial charge in [-0.2, -0.15) is 5.26 Å². The fourth-order valence-corrected chi connectivity index (χ4v) is 4.30. The number of fused-ring (bicyclic) bond motifs is 1. The van der Waals surface area contributed by atoms with E-state index in [0.717, 1.165) is 35.4 Å². The molecule has 0 bridgehead atoms. The zero-order chi connectivity index (χ0) is 21.5. The maximum absolute atomic E-state index is 9.87. The Kier molecular flexibility index (Phi) is 5.10. The highest BCUT2D eigenvalue weighted by atomic mass is 16.5. The first kappa shape index (κ1) is 20.1. The van der Waals surface area contributed by atoms with Gasteiger partial charge in [-0.05, 0) is 43.4 Å². The van der Waals surface area contributed by atoms with E-state index in [-0.39, 0.29) is 17.4 Å². The Hall–Kier alpha value is -3.14. The van der Waals surface area contributed by atoms with E-state index in [2.05, 4.69) is 37.0 Å². The van der Waals surface area contributed by atoms with E-state index < -0.39 is 5.92 Å². The van der Waals surface area contributed by atoms with Crippen molar-refractivity contribution < 1.29 is 14.2 Å². The highest BCUT2D eigenvalue weighted by Crippen LogP contribution is 2.47. The van der Waals surface area contributed by atoms with E-state index in [1.807, 2.05) is 18.2 Å². The van der Waals surface area contributed by atoms with Gasteiger partial charge in [0.1, 0.15) is 11.6 Å². The van der Waals surface area contributed by atoms with Crippen LogP contribution in [0.5, 0.6) is 17.4 Å². The molecule has 1 atom stereocenters. The van der Waals surface area contributed by atoms with Gasteiger partial charge < -0.3 is 19.9 Å². The molecular weight excluding hydrogens is 380 g/mol. The molecule has 4 rings (SSSR count). The van der Waals surface area contributed by atoms with Gasteiger partial charge in [0.05, 0.1) is 24.7 Å². The minimum absolute atomic E-state index is 0.0761. The standard InChI is InChI=1S/C23H28N4O3/c1-23(2,3)20-19-18(15(12-24)21(25)30-22(19)27-26-20)13-9-10-16(17(11-13)28-4)29-14-7-5-6-8-14/h9-11,14,18H,5-8,25H2,1-4H3,(H,26,27)/t18-/m0/s1. The first-order chi connectivity index (χ1) is 14.3. The summed E-state index contributed by atoms with van der Waals surface area (Å²) >= 11 is 0. The molecule has 1 aromatic carbocycles. The molecule has 1 aliphatic carbocycles. The first-order valence-corrected chi connectivity index (χ1v) is 10.3. The number of hydrogen-bond acceptors (Lipinski definition) is 6. The number of nitrogens with two attached hydrogens (primary N) is 1. The zero-order valence-electron chi connectivity index (χ0n) is 17.9. The fourth-order valence-electron chi connectivity index (χ4n) is 4.30. The third-order valence-electron chi connectivity index (χ3n) is 5.81. The quantitative estimate of drug-likeness (QED) is 0.783. The van der Waals surface area contributed by atoms with E-state index in [0.29, 0.717) is 17.2 Å². The molecule has 7 nitrogen and oxygen atoms in total. The summed E-state index contributed by atoms with van der Waals surface area (Å²) in [7, 11) is 1.63. The van der Waals surface area contributed by atoms with Gasteiger partial charge in [0.2, 0.25) is 11.8 Å². The molecule has 0 radical (unpaired) electrons. The number of hydrogen-bond donors (Lipinski definition) is 2. The molecule has 1 aromatic heterocycles. The fraction of sp³-hybridized carbons (Fsp3) is 0.478. The van der Waals surface area contributed by atoms with Crippen molar-refractivity contribution in [1.82, 2.24) is 10.2 Å². The second-order valence-electron chi connectivity index (χ2n) is 8.93. The number of allylic oxidation sites excluding steroid dienone is 1. The number of methoxy groups -OCH3 is 1. The number of aromatic amines is 1. The van der Waals surface area contributed by atoms with Crippen LogP contribution in [0.15, 0.2) is 29.7 Å². The van der Waals surface area contributed by atoms with E-state index in [1.165, 1.54) is 12.8 Å². The third kappa shape index (κ3) is 3.47. The number of aromatic nitrogens is 2. The lowest BCUT2D eigenvalue weighted by atomic mass is 9.79. The monoisotopic (exact) mass is 408 g/mol. The van der Waals surface area contributed by atoms with E-state index >= 15 is 0 Å². The van der Waals surface area contributed by atoms with Crippen LogP contribution in [0.3, 0.4) is 0 Å². The van der Waals surface area contributed by atoms with E-state index in [9.17, 15) is 5.26 Å². The molecule has 2 aliphatic rings. The molecule has 1 saturated carbocycles. The summed E-state index contributed by atoms with van der Waals surface area (Å²) in [6, 6.07) is 8.05. The van der Waals surface area contributed by atoms with Crippen molar-refractivity contribution >= 4 is 0 Å². The summed E-state index contributed by atoms with van der Waals surface area (Å²) in [6.45, 7) is 6.26. The van der Waals surface area contributed by atoms with Gasteiger partial charge in [-0.3, -0.25) is 5.10 Å². The number of nitriles is 1. The van der Waals surface area contributed by atoms with Crippen LogP contribution in [-0.4, -0.2) is 23.4 Å². The van der Waals surface area contributed by atoms with Gasteiger partial charge >= 0.3 is 0 Å². The van der Waals surface area contributed by atoms with Crippen molar-refractivity contribution in [1.29, 1.82) is 5.26 Å². The van der Waals surface area contributed by atoms with Crippen molar-refractivity contribution in [3.8, 4) is 23.4 Å². The van der Waals surface area contributed by atoms with E-state index in [4.69, 9.17) is 19.9 Å². The minimum atomic E-state index is -0.402. The Morgan fingerprint density at radius 3 is 2.60 bits per heavy atom. The predicted octanol–water partition coefficient (Wildman–Crippen LogP) is 4.26. The molecule has 0 unspecified atom stereocenters. The predicted molar refractivity (Wildman–Crippen MR) is 112 cm³/mol. The zero-order valence-corrected chi connectivity index (χ0v) is 17.9. The Morgan fingerprint density at radius 1 is 1.23 bits per heavy atom. The van der Waals surface area contributed by atoms with Crippen molar-refractivity contribution in [3.63, 3.8) is 0 Å². The molecule has 0 amide bonds. The van der Waals surface area contributed by atoms with Crippen LogP contribution in [-0.2, 0) is 5.41 Å². The van der Waals surface area contributed by atoms with Crippen molar-refractivity contribution in [3.05, 3.63) is 46.5 Å². The second kappa shape index (κ2) is 7.60. The molecule has 0 spiro atoms. The Balaban J connectivity index is 1.80. The average molecular weight is 409 g/mol. The van der Waals surface area contributed by atoms with Crippen LogP contribution in [0.2, 0.25) is 0 Å². The molecule has 0 saturated heterocycles. The number of ether oxygens (including phenoxy) is 3. The van der Waals surface area contributed by atoms with E-state index in [1.54, 1.807) is 7.11 Å². The summed E-state index contributed by atoms with van der Waals surface area (Å²) in [6.07, 6.45) is 4.75. The molecule has 30 heavy (non-hydrogen) atoms. The van der Waals surface area contributed by atoms with Crippen molar-refractivity contribution in [2.24, 2.45) is 5.73 Å². The van der Waals surface area contributed by atoms with Gasteiger partial charge in [0, 0.05) is 11.1 Å². The molecule has 7 heteroatoms. The smallest absolute Gasteiger partial charge is 0.244 e. The van der Waals surface area contributed by atoms with Crippen molar-refractivity contribution in [2.75, 3.05) is 7.11 Å². The average Bonchev–Trinajstić information content (AvgIpc) is 3.36. The number of rotatable bonds is 4. The van der Waals surface area contributed by atoms with Gasteiger partial charge in [-0.25, -0.2) is 0 Å². The van der Waals surface area contributed by atoms with Gasteiger partial charge in [-0.1, -0.05) is 26.8 Å². The molecule has 1 aliphatic heterocycles. The number of H-pyrrole nitrogens is 1. The number of benzene rings is 1. The summed E-state index contributed by atoms with van der Waals surface area (Å²) in [5.41, 5.74) is 8.85. The Bertz CT molecular complexity index is 1020. The molecule has 1 fully saturated rings. The SMILES string of the molecule is COc1cc([C@H]2C(C#N)=C(N)Oc3n[nH]c(C(C)(C)C)c32)ccc1OC1CCCC1. The highest BCUT2D eigenvalue weighted by molar-refractivity contribution is 5.58. The lowest BCUT2D eigenvalue weighted by molar-refractivity contribution is 0.200. The lowest BCUT2D eigenvalue weighted by Gasteiger charge is -2.28. The van der Waals surface area contributed by atoms with Crippen molar-refractivity contribution in [2.45, 2.75) is 63.9 Å². The second-order valence-corrected chi connectivity index (χ2v) is 8.93. The van der Waals surface area contributed by atoms with Crippen LogP contribution in [0.4, 0.5) is 0 Å². The lowest BCUT2D eigenvalue weighted by Crippen LogP contribution is -2.24. The highest BCUT2D eigenvalue weighted by Gasteiger charge is 2.38. The number of nitrogens with zero attached hydrogens (tertiary/aromatic N) is 2. The minimum Gasteiger partial charge on any atom is -0.493 e. The Labute approximate surface area is 176 Å². The third-order valence-corrected chi connectivity index (χ3v) is 5.81. The van der Waals surface area contributed by atoms with Crippen LogP contribution in [0.25, 0.3) is 0 Å². The number of nitrogens with one attached hydrogen (secondary N) is 1. The van der Waals surface area contributed by atoms with Crippen LogP contribution >= 0.6 is 0 Å². The van der Waals surface area contributed by atoms with Gasteiger partial charge in [0.25, 0.3) is 0 Å². The summed E-state index contributed by atoms with van der Waals surface area (Å²) in [5.74, 6) is 1.45. The first-order valence-electron chi connectivity index (χ1n) is 10.3. The maximum atomic E-state index is 9.87. The maximum Gasteiger partial charge on any atom is 0.244 e. The Morgan fingerprint density at radius 2 is 1.97 bits per heavy atom. The molecule has 158 valence electrons. The topological polar surface area (TPSA) is 106 Å². The summed E-state index contributed by atoms with van der Waals surface area (Å²) < 4.78 is 17.5. The molecule has 3 N–H and O–H groups in total. The van der Waals surface area contributed by atoms with Gasteiger partial charge in [0.15, 0.2) is 11.5 Å². The summed E-state index contributed by atoms with van der Waals surface area (Å²) in [4.78, 5) is 0. The molecular formula is C23H28N4O3. The van der Waals surface area contributed by atoms with Crippen LogP contribution in [0, 0.1) is 11.3 Å². The molecule has 2 aromatic rings. The normalized spacial score (nSPS) is 19.2. The molecule has 2 heterocycles. The van der Waals surface area contributed by atoms with Gasteiger partial charge in [-0.15, -0.1) is 5.10 Å². The summed E-state index contributed by atoms with van der Waals surface area (Å²) in [5, 5.41) is 17.3. The van der Waals surface area contributed by atoms with Crippen LogP contribution < -0.4 is 19.9 Å². The van der Waals surface area contributed by atoms with Crippen LogP contribution in [0.1, 0.15) is 69.2 Å².